The highest BCUT2D eigenvalue weighted by Crippen LogP contribution is 2.36. The number of carbonyl (C=O) groups excluding carboxylic acids is 2. The molecule has 154 valence electrons. The Morgan fingerprint density at radius 3 is 2.52 bits per heavy atom. The number of nitrogens with zero attached hydrogens (tertiary/aromatic N) is 1. The van der Waals surface area contributed by atoms with E-state index in [1.54, 1.807) is 31.2 Å². The molecule has 1 fully saturated rings. The fraction of sp³-hybridized carbons (Fsp3) is 0.391. The number of hydrogen-bond donors (Lipinski definition) is 1. The molecule has 2 amide bonds. The molecule has 0 spiro atoms. The number of hydrogen-bond acceptors (Lipinski definition) is 3. The minimum Gasteiger partial charge on any atom is -0.497 e. The second-order valence-electron chi connectivity index (χ2n) is 7.39. The molecule has 0 bridgehead atoms. The first-order valence-corrected chi connectivity index (χ1v) is 9.91. The van der Waals surface area contributed by atoms with E-state index in [-0.39, 0.29) is 29.6 Å². The SMILES string of the molecule is COc1ccc([C@@H]2[C@H](C(=O)NCCCc3ccc(F)cc3)CCC(=O)N2C)cc1. The lowest BCUT2D eigenvalue weighted by atomic mass is 9.84. The van der Waals surface area contributed by atoms with Gasteiger partial charge >= 0.3 is 0 Å². The van der Waals surface area contributed by atoms with Crippen LogP contribution in [-0.2, 0) is 16.0 Å². The van der Waals surface area contributed by atoms with E-state index >= 15 is 0 Å². The van der Waals surface area contributed by atoms with Crippen LogP contribution in [0.1, 0.15) is 36.4 Å². The van der Waals surface area contributed by atoms with Crippen LogP contribution < -0.4 is 10.1 Å². The molecule has 1 heterocycles. The maximum Gasteiger partial charge on any atom is 0.225 e. The standard InChI is InChI=1S/C23H27FN2O3/c1-26-21(27)14-13-20(22(26)17-7-11-19(29-2)12-8-17)23(28)25-15-3-4-16-5-9-18(24)10-6-16/h5-12,20,22H,3-4,13-15H2,1-2H3,(H,25,28)/t20-,22-/m1/s1. The second-order valence-corrected chi connectivity index (χ2v) is 7.39. The van der Waals surface area contributed by atoms with Crippen molar-refractivity contribution in [3.8, 4) is 5.75 Å². The van der Waals surface area contributed by atoms with E-state index in [9.17, 15) is 14.0 Å². The van der Waals surface area contributed by atoms with Crippen molar-refractivity contribution in [2.45, 2.75) is 31.7 Å². The summed E-state index contributed by atoms with van der Waals surface area (Å²) in [7, 11) is 3.36. The van der Waals surface area contributed by atoms with Gasteiger partial charge in [0.2, 0.25) is 11.8 Å². The first-order valence-electron chi connectivity index (χ1n) is 9.91. The fourth-order valence-electron chi connectivity index (χ4n) is 3.86. The van der Waals surface area contributed by atoms with Crippen molar-refractivity contribution in [1.29, 1.82) is 0 Å². The Morgan fingerprint density at radius 1 is 1.17 bits per heavy atom. The third-order valence-electron chi connectivity index (χ3n) is 5.51. The zero-order chi connectivity index (χ0) is 20.8. The van der Waals surface area contributed by atoms with E-state index in [1.165, 1.54) is 12.1 Å². The molecule has 29 heavy (non-hydrogen) atoms. The molecule has 0 radical (unpaired) electrons. The second kappa shape index (κ2) is 9.54. The lowest BCUT2D eigenvalue weighted by Gasteiger charge is -2.38. The topological polar surface area (TPSA) is 58.6 Å². The van der Waals surface area contributed by atoms with Gasteiger partial charge in [-0.1, -0.05) is 24.3 Å². The van der Waals surface area contributed by atoms with Gasteiger partial charge in [0.25, 0.3) is 0 Å². The monoisotopic (exact) mass is 398 g/mol. The summed E-state index contributed by atoms with van der Waals surface area (Å²) < 4.78 is 18.2. The molecule has 0 aromatic heterocycles. The molecule has 6 heteroatoms. The average Bonchev–Trinajstić information content (AvgIpc) is 2.74. The molecule has 1 saturated heterocycles. The van der Waals surface area contributed by atoms with Crippen LogP contribution in [0.15, 0.2) is 48.5 Å². The molecule has 0 saturated carbocycles. The van der Waals surface area contributed by atoms with Gasteiger partial charge in [-0.25, -0.2) is 4.39 Å². The Morgan fingerprint density at radius 2 is 1.86 bits per heavy atom. The van der Waals surface area contributed by atoms with Crippen molar-refractivity contribution < 1.29 is 18.7 Å². The highest BCUT2D eigenvalue weighted by molar-refractivity contribution is 5.84. The number of amides is 2. The summed E-state index contributed by atoms with van der Waals surface area (Å²) >= 11 is 0. The summed E-state index contributed by atoms with van der Waals surface area (Å²) in [5, 5.41) is 3.02. The number of benzene rings is 2. The molecule has 0 unspecified atom stereocenters. The Bertz CT molecular complexity index is 836. The number of aryl methyl sites for hydroxylation is 1. The lowest BCUT2D eigenvalue weighted by molar-refractivity contribution is -0.141. The third kappa shape index (κ3) is 5.13. The highest BCUT2D eigenvalue weighted by atomic mass is 19.1. The predicted octanol–water partition coefficient (Wildman–Crippen LogP) is 3.49. The van der Waals surface area contributed by atoms with E-state index in [0.717, 1.165) is 29.7 Å². The first kappa shape index (κ1) is 20.8. The van der Waals surface area contributed by atoms with Crippen molar-refractivity contribution in [3.05, 3.63) is 65.5 Å². The average molecular weight is 398 g/mol. The zero-order valence-corrected chi connectivity index (χ0v) is 16.9. The molecular formula is C23H27FN2O3. The van der Waals surface area contributed by atoms with E-state index in [1.807, 2.05) is 24.3 Å². The Hall–Kier alpha value is -2.89. The highest BCUT2D eigenvalue weighted by Gasteiger charge is 2.38. The van der Waals surface area contributed by atoms with Gasteiger partial charge < -0.3 is 15.0 Å². The van der Waals surface area contributed by atoms with Crippen LogP contribution in [-0.4, -0.2) is 37.4 Å². The van der Waals surface area contributed by atoms with E-state index in [0.29, 0.717) is 19.4 Å². The zero-order valence-electron chi connectivity index (χ0n) is 16.9. The van der Waals surface area contributed by atoms with Gasteiger partial charge in [-0.05, 0) is 54.7 Å². The number of ether oxygens (including phenoxy) is 1. The number of rotatable bonds is 7. The minimum absolute atomic E-state index is 0.0377. The number of carbonyl (C=O) groups is 2. The van der Waals surface area contributed by atoms with E-state index in [4.69, 9.17) is 4.74 Å². The summed E-state index contributed by atoms with van der Waals surface area (Å²) in [6.07, 6.45) is 2.44. The molecule has 2 aromatic rings. The minimum atomic E-state index is -0.295. The number of likely N-dealkylation sites (tertiary alicyclic amines) is 1. The fourth-order valence-corrected chi connectivity index (χ4v) is 3.86. The molecule has 1 N–H and O–H groups in total. The Labute approximate surface area is 170 Å². The predicted molar refractivity (Wildman–Crippen MR) is 109 cm³/mol. The van der Waals surface area contributed by atoms with Crippen molar-refractivity contribution >= 4 is 11.8 Å². The van der Waals surface area contributed by atoms with Gasteiger partial charge in [0.1, 0.15) is 11.6 Å². The number of piperidine rings is 1. The lowest BCUT2D eigenvalue weighted by Crippen LogP contribution is -2.46. The maximum atomic E-state index is 13.0. The summed E-state index contributed by atoms with van der Waals surface area (Å²) in [4.78, 5) is 26.8. The van der Waals surface area contributed by atoms with Gasteiger partial charge in [0.05, 0.1) is 19.1 Å². The summed E-state index contributed by atoms with van der Waals surface area (Å²) in [5.41, 5.74) is 1.97. The molecule has 1 aliphatic rings. The van der Waals surface area contributed by atoms with Crippen LogP contribution in [0.5, 0.6) is 5.75 Å². The normalized spacial score (nSPS) is 19.1. The van der Waals surface area contributed by atoms with E-state index < -0.39 is 0 Å². The molecule has 2 aromatic carbocycles. The van der Waals surface area contributed by atoms with Gasteiger partial charge in [0, 0.05) is 20.0 Å². The molecular weight excluding hydrogens is 371 g/mol. The van der Waals surface area contributed by atoms with Gasteiger partial charge in [-0.2, -0.15) is 0 Å². The van der Waals surface area contributed by atoms with Crippen LogP contribution in [0.2, 0.25) is 0 Å². The third-order valence-corrected chi connectivity index (χ3v) is 5.51. The number of methoxy groups -OCH3 is 1. The van der Waals surface area contributed by atoms with Crippen molar-refractivity contribution in [1.82, 2.24) is 10.2 Å². The summed E-state index contributed by atoms with van der Waals surface area (Å²) in [6, 6.07) is 13.6. The van der Waals surface area contributed by atoms with Gasteiger partial charge in [-0.15, -0.1) is 0 Å². The van der Waals surface area contributed by atoms with Crippen LogP contribution in [0.4, 0.5) is 4.39 Å². The Balaban J connectivity index is 1.61. The first-order chi connectivity index (χ1) is 14.0. The van der Waals surface area contributed by atoms with Crippen LogP contribution >= 0.6 is 0 Å². The quantitative estimate of drug-likeness (QED) is 0.727. The van der Waals surface area contributed by atoms with Gasteiger partial charge in [-0.3, -0.25) is 9.59 Å². The van der Waals surface area contributed by atoms with Crippen molar-refractivity contribution in [2.75, 3.05) is 20.7 Å². The smallest absolute Gasteiger partial charge is 0.225 e. The maximum absolute atomic E-state index is 13.0. The Kier molecular flexibility index (Phi) is 6.86. The molecule has 0 aliphatic carbocycles. The molecule has 1 aliphatic heterocycles. The van der Waals surface area contributed by atoms with Crippen molar-refractivity contribution in [2.24, 2.45) is 5.92 Å². The molecule has 2 atom stereocenters. The van der Waals surface area contributed by atoms with Crippen molar-refractivity contribution in [3.63, 3.8) is 0 Å². The number of nitrogens with one attached hydrogen (secondary N) is 1. The molecule has 5 nitrogen and oxygen atoms in total. The van der Waals surface area contributed by atoms with Gasteiger partial charge in [0.15, 0.2) is 0 Å². The number of halogens is 1. The summed E-state index contributed by atoms with van der Waals surface area (Å²) in [5.74, 6) is 0.204. The van der Waals surface area contributed by atoms with Crippen LogP contribution in [0, 0.1) is 11.7 Å². The van der Waals surface area contributed by atoms with Crippen LogP contribution in [0.3, 0.4) is 0 Å². The van der Waals surface area contributed by atoms with Crippen LogP contribution in [0.25, 0.3) is 0 Å². The van der Waals surface area contributed by atoms with E-state index in [2.05, 4.69) is 5.32 Å². The largest absolute Gasteiger partial charge is 0.497 e. The molecule has 3 rings (SSSR count). The summed E-state index contributed by atoms with van der Waals surface area (Å²) in [6.45, 7) is 0.541.